The summed E-state index contributed by atoms with van der Waals surface area (Å²) in [5.74, 6) is 0.645. The lowest BCUT2D eigenvalue weighted by Crippen LogP contribution is -2.56. The first-order chi connectivity index (χ1) is 13.5. The van der Waals surface area contributed by atoms with Gasteiger partial charge in [0.25, 0.3) is 5.91 Å². The molecule has 28 heavy (non-hydrogen) atoms. The number of nitrogens with zero attached hydrogens (tertiary/aromatic N) is 1. The molecule has 2 aromatic rings. The largest absolute Gasteiger partial charge is 0.496 e. The van der Waals surface area contributed by atoms with Crippen LogP contribution in [-0.2, 0) is 0 Å². The molecule has 148 valence electrons. The van der Waals surface area contributed by atoms with Gasteiger partial charge in [0.2, 0.25) is 0 Å². The summed E-state index contributed by atoms with van der Waals surface area (Å²) in [5.41, 5.74) is 0.724. The molecule has 3 atom stereocenters. The number of amides is 1. The van der Waals surface area contributed by atoms with E-state index in [0.717, 1.165) is 37.0 Å². The average Bonchev–Trinajstić information content (AvgIpc) is 2.72. The summed E-state index contributed by atoms with van der Waals surface area (Å²) in [6.07, 6.45) is 4.37. The van der Waals surface area contributed by atoms with Crippen LogP contribution in [0.2, 0.25) is 5.02 Å². The van der Waals surface area contributed by atoms with Gasteiger partial charge in [-0.2, -0.15) is 0 Å². The molecule has 1 amide bonds. The highest BCUT2D eigenvalue weighted by Gasteiger charge is 2.51. The van der Waals surface area contributed by atoms with E-state index in [9.17, 15) is 9.90 Å². The van der Waals surface area contributed by atoms with E-state index < -0.39 is 5.60 Å². The van der Waals surface area contributed by atoms with Crippen LogP contribution in [0, 0.1) is 5.92 Å². The Labute approximate surface area is 171 Å². The van der Waals surface area contributed by atoms with E-state index in [2.05, 4.69) is 0 Å². The molecule has 1 saturated carbocycles. The second-order valence-corrected chi connectivity index (χ2v) is 8.28. The molecule has 0 radical (unpaired) electrons. The minimum Gasteiger partial charge on any atom is -0.496 e. The number of fused-ring (bicyclic) bond motifs is 1. The van der Waals surface area contributed by atoms with E-state index in [1.807, 2.05) is 41.3 Å². The molecule has 1 aliphatic heterocycles. The van der Waals surface area contributed by atoms with Crippen molar-refractivity contribution < 1.29 is 14.6 Å². The van der Waals surface area contributed by atoms with Crippen molar-refractivity contribution in [3.8, 4) is 5.75 Å². The van der Waals surface area contributed by atoms with Crippen LogP contribution in [0.25, 0.3) is 0 Å². The molecule has 1 saturated heterocycles. The number of rotatable bonds is 3. The first-order valence-corrected chi connectivity index (χ1v) is 10.3. The van der Waals surface area contributed by atoms with Crippen LogP contribution in [0.15, 0.2) is 48.5 Å². The zero-order valence-electron chi connectivity index (χ0n) is 16.1. The van der Waals surface area contributed by atoms with Crippen molar-refractivity contribution in [2.45, 2.75) is 43.7 Å². The molecule has 4 nitrogen and oxygen atoms in total. The summed E-state index contributed by atoms with van der Waals surface area (Å²) < 4.78 is 5.62. The van der Waals surface area contributed by atoms with Crippen molar-refractivity contribution >= 4 is 17.5 Å². The molecular formula is C23H26ClNO3. The molecule has 0 bridgehead atoms. The Morgan fingerprint density at radius 2 is 1.89 bits per heavy atom. The van der Waals surface area contributed by atoms with E-state index in [1.54, 1.807) is 19.2 Å². The summed E-state index contributed by atoms with van der Waals surface area (Å²) in [6, 6.07) is 14.8. The molecule has 0 spiro atoms. The number of hydrogen-bond donors (Lipinski definition) is 1. The SMILES string of the molecule is COc1ccccc1[C@H]1[C@H]2CCCC[C@@]2(O)CCN1C(=O)c1ccccc1Cl. The van der Waals surface area contributed by atoms with Crippen molar-refractivity contribution in [1.82, 2.24) is 4.90 Å². The molecule has 1 aliphatic carbocycles. The number of ether oxygens (including phenoxy) is 1. The lowest BCUT2D eigenvalue weighted by molar-refractivity contribution is -0.115. The molecule has 4 rings (SSSR count). The fourth-order valence-electron chi connectivity index (χ4n) is 4.99. The first kappa shape index (κ1) is 19.3. The quantitative estimate of drug-likeness (QED) is 0.802. The Bertz CT molecular complexity index is 870. The van der Waals surface area contributed by atoms with Gasteiger partial charge in [-0.05, 0) is 37.5 Å². The fraction of sp³-hybridized carbons (Fsp3) is 0.435. The Hall–Kier alpha value is -2.04. The van der Waals surface area contributed by atoms with Gasteiger partial charge in [-0.15, -0.1) is 0 Å². The average molecular weight is 400 g/mol. The monoisotopic (exact) mass is 399 g/mol. The van der Waals surface area contributed by atoms with Gasteiger partial charge in [0.05, 0.1) is 29.3 Å². The number of aliphatic hydroxyl groups is 1. The predicted octanol–water partition coefficient (Wildman–Crippen LogP) is 4.86. The summed E-state index contributed by atoms with van der Waals surface area (Å²) in [7, 11) is 1.65. The maximum atomic E-state index is 13.5. The maximum absolute atomic E-state index is 13.5. The van der Waals surface area contributed by atoms with Gasteiger partial charge in [-0.3, -0.25) is 4.79 Å². The van der Waals surface area contributed by atoms with Crippen LogP contribution >= 0.6 is 11.6 Å². The third-order valence-corrected chi connectivity index (χ3v) is 6.72. The number of methoxy groups -OCH3 is 1. The summed E-state index contributed by atoms with van der Waals surface area (Å²) >= 11 is 6.33. The van der Waals surface area contributed by atoms with Crippen LogP contribution < -0.4 is 4.74 Å². The number of hydrogen-bond acceptors (Lipinski definition) is 3. The molecule has 0 aromatic heterocycles. The normalized spacial score (nSPS) is 27.2. The van der Waals surface area contributed by atoms with Gasteiger partial charge in [0, 0.05) is 18.0 Å². The Kier molecular flexibility index (Phi) is 5.35. The zero-order chi connectivity index (χ0) is 19.7. The summed E-state index contributed by atoms with van der Waals surface area (Å²) in [5, 5.41) is 11.9. The highest BCUT2D eigenvalue weighted by Crippen LogP contribution is 2.51. The second-order valence-electron chi connectivity index (χ2n) is 7.87. The highest BCUT2D eigenvalue weighted by atomic mass is 35.5. The smallest absolute Gasteiger partial charge is 0.255 e. The molecule has 1 N–H and O–H groups in total. The van der Waals surface area contributed by atoms with Gasteiger partial charge in [-0.25, -0.2) is 0 Å². The molecule has 2 aromatic carbocycles. The molecule has 5 heteroatoms. The second kappa shape index (κ2) is 7.76. The van der Waals surface area contributed by atoms with E-state index in [4.69, 9.17) is 16.3 Å². The van der Waals surface area contributed by atoms with Crippen LogP contribution in [-0.4, -0.2) is 35.2 Å². The van der Waals surface area contributed by atoms with Gasteiger partial charge in [0.1, 0.15) is 5.75 Å². The molecule has 2 aliphatic rings. The lowest BCUT2D eigenvalue weighted by Gasteiger charge is -2.52. The zero-order valence-corrected chi connectivity index (χ0v) is 16.9. The number of likely N-dealkylation sites (tertiary alicyclic amines) is 1. The highest BCUT2D eigenvalue weighted by molar-refractivity contribution is 6.33. The third-order valence-electron chi connectivity index (χ3n) is 6.39. The molecule has 2 fully saturated rings. The van der Waals surface area contributed by atoms with Gasteiger partial charge < -0.3 is 14.7 Å². The van der Waals surface area contributed by atoms with Gasteiger partial charge >= 0.3 is 0 Å². The van der Waals surface area contributed by atoms with Crippen LogP contribution in [0.1, 0.15) is 54.1 Å². The number of carbonyl (C=O) groups is 1. The van der Waals surface area contributed by atoms with E-state index in [-0.39, 0.29) is 17.9 Å². The molecule has 0 unspecified atom stereocenters. The summed E-state index contributed by atoms with van der Waals surface area (Å²) in [6.45, 7) is 0.500. The van der Waals surface area contributed by atoms with E-state index in [0.29, 0.717) is 23.6 Å². The van der Waals surface area contributed by atoms with Crippen LogP contribution in [0.5, 0.6) is 5.75 Å². The predicted molar refractivity (Wildman–Crippen MR) is 110 cm³/mol. The number of para-hydroxylation sites is 1. The summed E-state index contributed by atoms with van der Waals surface area (Å²) in [4.78, 5) is 15.4. The topological polar surface area (TPSA) is 49.8 Å². The first-order valence-electron chi connectivity index (χ1n) is 9.96. The number of carbonyl (C=O) groups excluding carboxylic acids is 1. The van der Waals surface area contributed by atoms with Crippen LogP contribution in [0.4, 0.5) is 0 Å². The Balaban J connectivity index is 1.80. The van der Waals surface area contributed by atoms with Crippen molar-refractivity contribution in [3.05, 3.63) is 64.7 Å². The van der Waals surface area contributed by atoms with Crippen molar-refractivity contribution in [3.63, 3.8) is 0 Å². The maximum Gasteiger partial charge on any atom is 0.255 e. The standard InChI is InChI=1S/C23H26ClNO3/c1-28-20-12-5-3-9-17(20)21-18-10-6-7-13-23(18,27)14-15-25(21)22(26)16-8-2-4-11-19(16)24/h2-5,8-9,11-12,18,21,27H,6-7,10,13-15H2,1H3/t18-,21+,23-/m1/s1. The third kappa shape index (κ3) is 3.29. The number of benzene rings is 2. The number of piperidine rings is 1. The van der Waals surface area contributed by atoms with Gasteiger partial charge in [0.15, 0.2) is 0 Å². The van der Waals surface area contributed by atoms with Gasteiger partial charge in [-0.1, -0.05) is 54.8 Å². The van der Waals surface area contributed by atoms with Crippen molar-refractivity contribution in [2.24, 2.45) is 5.92 Å². The Morgan fingerprint density at radius 3 is 2.68 bits per heavy atom. The lowest BCUT2D eigenvalue weighted by atomic mass is 9.66. The molecule has 1 heterocycles. The minimum absolute atomic E-state index is 0.0160. The van der Waals surface area contributed by atoms with E-state index in [1.165, 1.54) is 0 Å². The Morgan fingerprint density at radius 1 is 1.14 bits per heavy atom. The van der Waals surface area contributed by atoms with Crippen molar-refractivity contribution in [2.75, 3.05) is 13.7 Å². The van der Waals surface area contributed by atoms with Crippen molar-refractivity contribution in [1.29, 1.82) is 0 Å². The van der Waals surface area contributed by atoms with E-state index >= 15 is 0 Å². The number of halogens is 1. The molecular weight excluding hydrogens is 374 g/mol. The fourth-order valence-corrected chi connectivity index (χ4v) is 5.21. The minimum atomic E-state index is -0.735. The van der Waals surface area contributed by atoms with Crippen LogP contribution in [0.3, 0.4) is 0 Å².